The van der Waals surface area contributed by atoms with Crippen molar-refractivity contribution in [2.24, 2.45) is 0 Å². The molecule has 1 fully saturated rings. The zero-order chi connectivity index (χ0) is 33.0. The summed E-state index contributed by atoms with van der Waals surface area (Å²) in [6, 6.07) is 18.8. The van der Waals surface area contributed by atoms with Gasteiger partial charge in [-0.25, -0.2) is 18.1 Å². The molecule has 0 saturated carbocycles. The van der Waals surface area contributed by atoms with Gasteiger partial charge in [0.25, 0.3) is 12.0 Å². The molecule has 1 aliphatic rings. The Kier molecular flexibility index (Phi) is 10.1. The molecule has 4 aromatic rings. The van der Waals surface area contributed by atoms with E-state index in [0.717, 1.165) is 0 Å². The van der Waals surface area contributed by atoms with Crippen molar-refractivity contribution < 1.29 is 46.2 Å². The molecule has 0 bridgehead atoms. The van der Waals surface area contributed by atoms with Gasteiger partial charge in [-0.05, 0) is 23.9 Å². The molecule has 2 heterocycles. The molecule has 1 saturated heterocycles. The van der Waals surface area contributed by atoms with Crippen LogP contribution >= 0.6 is 7.75 Å². The fourth-order valence-corrected chi connectivity index (χ4v) is 6.54. The first kappa shape index (κ1) is 33.1. The summed E-state index contributed by atoms with van der Waals surface area (Å²) >= 11 is 0. The Bertz CT molecular complexity index is 1850. The molecule has 0 spiro atoms. The molecule has 0 radical (unpaired) electrons. The third-order valence-corrected chi connectivity index (χ3v) is 8.76. The van der Waals surface area contributed by atoms with Gasteiger partial charge >= 0.3 is 19.4 Å². The van der Waals surface area contributed by atoms with Crippen molar-refractivity contribution in [2.75, 3.05) is 0 Å². The lowest BCUT2D eigenvalue weighted by molar-refractivity contribution is -0.146. The molecule has 3 N–H and O–H groups in total. The lowest BCUT2D eigenvalue weighted by Crippen LogP contribution is -2.44. The molecule has 6 atom stereocenters. The number of benzene rings is 3. The predicted molar refractivity (Wildman–Crippen MR) is 158 cm³/mol. The van der Waals surface area contributed by atoms with E-state index in [4.69, 9.17) is 18.5 Å². The Morgan fingerprint density at radius 2 is 1.80 bits per heavy atom. The molecule has 12 nitrogen and oxygen atoms in total. The number of aromatic amines is 1. The van der Waals surface area contributed by atoms with Gasteiger partial charge in [0, 0.05) is 11.8 Å². The zero-order valence-corrected chi connectivity index (χ0v) is 25.0. The predicted octanol–water partition coefficient (Wildman–Crippen LogP) is 4.04. The minimum atomic E-state index is -4.95. The van der Waals surface area contributed by atoms with Crippen LogP contribution in [0.2, 0.25) is 0 Å². The average molecular weight is 664 g/mol. The van der Waals surface area contributed by atoms with Crippen LogP contribution in [0.15, 0.2) is 88.6 Å². The van der Waals surface area contributed by atoms with Crippen molar-refractivity contribution in [3.8, 4) is 5.75 Å². The maximum absolute atomic E-state index is 14.6. The van der Waals surface area contributed by atoms with E-state index in [-0.39, 0.29) is 12.4 Å². The number of aliphatic hydroxyl groups is 1. The van der Waals surface area contributed by atoms with E-state index in [1.807, 2.05) is 0 Å². The van der Waals surface area contributed by atoms with E-state index < -0.39 is 74.2 Å². The molecular weight excluding hydrogens is 634 g/mol. The van der Waals surface area contributed by atoms with Gasteiger partial charge in [-0.1, -0.05) is 66.7 Å². The quantitative estimate of drug-likeness (QED) is 0.149. The van der Waals surface area contributed by atoms with Crippen molar-refractivity contribution in [1.29, 1.82) is 0 Å². The van der Waals surface area contributed by atoms with Gasteiger partial charge in [-0.3, -0.25) is 23.7 Å². The number of alkyl halides is 2. The number of rotatable bonds is 12. The number of aliphatic hydroxyl groups excluding tert-OH is 1. The second-order valence-electron chi connectivity index (χ2n) is 10.4. The minimum absolute atomic E-state index is 0.0344. The maximum Gasteiger partial charge on any atom is 0.460 e. The molecule has 46 heavy (non-hydrogen) atoms. The van der Waals surface area contributed by atoms with Gasteiger partial charge in [0.2, 0.25) is 5.82 Å². The Morgan fingerprint density at radius 1 is 1.11 bits per heavy atom. The molecule has 5 rings (SSSR count). The second-order valence-corrected chi connectivity index (χ2v) is 12.1. The summed E-state index contributed by atoms with van der Waals surface area (Å²) in [6.45, 7) is 1.14. The molecule has 0 aliphatic carbocycles. The van der Waals surface area contributed by atoms with Crippen LogP contribution in [-0.2, 0) is 30.0 Å². The Labute approximate surface area is 259 Å². The van der Waals surface area contributed by atoms with Crippen LogP contribution in [0, 0.1) is 5.82 Å². The van der Waals surface area contributed by atoms with Gasteiger partial charge < -0.3 is 19.1 Å². The number of hydrogen-bond donors (Lipinski definition) is 3. The fraction of sp³-hybridized carbons (Fsp3) is 0.300. The SMILES string of the molecule is C[C@H](N[P@@](=O)(Oc1cccc2ccccc12)O[C@H](C(F)F)[C@H]1O[C@@H](n2cc(F)c(=O)[nH]c2=O)C[C@@H]1O)C(=O)OCc1ccccc1. The number of carbonyl (C=O) groups excluding carboxylic acids is 1. The first-order chi connectivity index (χ1) is 21.9. The number of nitrogens with one attached hydrogen (secondary N) is 2. The first-order valence-corrected chi connectivity index (χ1v) is 15.5. The Hall–Kier alpha value is -4.27. The molecule has 1 aliphatic heterocycles. The van der Waals surface area contributed by atoms with E-state index in [9.17, 15) is 37.2 Å². The van der Waals surface area contributed by atoms with E-state index in [0.29, 0.717) is 27.1 Å². The highest BCUT2D eigenvalue weighted by molar-refractivity contribution is 7.52. The second kappa shape index (κ2) is 14.0. The molecule has 0 unspecified atom stereocenters. The summed E-state index contributed by atoms with van der Waals surface area (Å²) < 4.78 is 79.9. The van der Waals surface area contributed by atoms with E-state index >= 15 is 0 Å². The number of H-pyrrole nitrogens is 1. The van der Waals surface area contributed by atoms with Crippen molar-refractivity contribution in [3.05, 3.63) is 111 Å². The van der Waals surface area contributed by atoms with Crippen LogP contribution in [0.5, 0.6) is 5.75 Å². The molecule has 1 aromatic heterocycles. The third kappa shape index (κ3) is 7.57. The van der Waals surface area contributed by atoms with Crippen molar-refractivity contribution in [2.45, 2.75) is 57.0 Å². The van der Waals surface area contributed by atoms with E-state index in [1.54, 1.807) is 71.7 Å². The smallest absolute Gasteiger partial charge is 0.460 e. The summed E-state index contributed by atoms with van der Waals surface area (Å²) in [5, 5.41) is 14.1. The van der Waals surface area contributed by atoms with Gasteiger partial charge in [0.05, 0.1) is 12.3 Å². The number of esters is 1. The number of hydrogen-bond acceptors (Lipinski definition) is 9. The topological polar surface area (TPSA) is 158 Å². The largest absolute Gasteiger partial charge is 0.460 e. The Morgan fingerprint density at radius 3 is 2.54 bits per heavy atom. The lowest BCUT2D eigenvalue weighted by atomic mass is 10.1. The van der Waals surface area contributed by atoms with E-state index in [2.05, 4.69) is 5.09 Å². The van der Waals surface area contributed by atoms with Gasteiger partial charge in [-0.2, -0.15) is 9.48 Å². The third-order valence-electron chi connectivity index (χ3n) is 7.10. The van der Waals surface area contributed by atoms with Crippen LogP contribution in [0.25, 0.3) is 10.8 Å². The number of aromatic nitrogens is 2. The molecular formula is C30H29F3N3O9P. The summed E-state index contributed by atoms with van der Waals surface area (Å²) in [4.78, 5) is 38.2. The standard InChI is InChI=1S/C30H29F3N3O9P/c1-17(29(39)42-16-18-8-3-2-4-9-18)35-46(41,44-23-13-7-11-19-10-5-6-12-20(19)23)45-26(27(32)33)25-22(37)14-24(43-25)36-15-21(31)28(38)34-30(36)40/h2-13,15,17,22,24-27,37H,14,16H2,1H3,(H,35,41)(H,34,38,40)/t17-,22-,24+,25-,26-,46+/m0/s1. The summed E-state index contributed by atoms with van der Waals surface area (Å²) in [7, 11) is -4.95. The number of nitrogens with zero attached hydrogens (tertiary/aromatic N) is 1. The Balaban J connectivity index is 1.42. The van der Waals surface area contributed by atoms with Crippen LogP contribution in [0.3, 0.4) is 0 Å². The number of ether oxygens (including phenoxy) is 2. The fourth-order valence-electron chi connectivity index (χ4n) is 4.85. The molecule has 244 valence electrons. The summed E-state index contributed by atoms with van der Waals surface area (Å²) in [5.74, 6) is -2.29. The van der Waals surface area contributed by atoms with Crippen LogP contribution < -0.4 is 20.9 Å². The highest BCUT2D eigenvalue weighted by Crippen LogP contribution is 2.50. The van der Waals surface area contributed by atoms with E-state index in [1.165, 1.54) is 13.0 Å². The normalized spacial score (nSPS) is 20.7. The summed E-state index contributed by atoms with van der Waals surface area (Å²) in [6.07, 6.45) is -11.0. The zero-order valence-electron chi connectivity index (χ0n) is 24.1. The first-order valence-electron chi connectivity index (χ1n) is 14.0. The number of halogens is 3. The van der Waals surface area contributed by atoms with Crippen molar-refractivity contribution in [3.63, 3.8) is 0 Å². The van der Waals surface area contributed by atoms with Gasteiger partial charge in [0.1, 0.15) is 30.7 Å². The summed E-state index contributed by atoms with van der Waals surface area (Å²) in [5.41, 5.74) is -1.76. The maximum atomic E-state index is 14.6. The number of carbonyl (C=O) groups is 1. The van der Waals surface area contributed by atoms with Crippen molar-refractivity contribution in [1.82, 2.24) is 14.6 Å². The molecule has 0 amide bonds. The van der Waals surface area contributed by atoms with Crippen LogP contribution in [-0.4, -0.2) is 51.4 Å². The van der Waals surface area contributed by atoms with Crippen LogP contribution in [0.1, 0.15) is 25.1 Å². The van der Waals surface area contributed by atoms with Gasteiger partial charge in [-0.15, -0.1) is 0 Å². The highest BCUT2D eigenvalue weighted by Gasteiger charge is 2.49. The monoisotopic (exact) mass is 663 g/mol. The number of fused-ring (bicyclic) bond motifs is 1. The highest BCUT2D eigenvalue weighted by atomic mass is 31.2. The van der Waals surface area contributed by atoms with Crippen LogP contribution in [0.4, 0.5) is 13.2 Å². The minimum Gasteiger partial charge on any atom is -0.460 e. The lowest BCUT2D eigenvalue weighted by Gasteiger charge is -2.30. The van der Waals surface area contributed by atoms with Gasteiger partial charge in [0.15, 0.2) is 6.10 Å². The average Bonchev–Trinajstić information content (AvgIpc) is 3.41. The molecule has 3 aromatic carbocycles. The van der Waals surface area contributed by atoms with Crippen molar-refractivity contribution >= 4 is 24.5 Å². The molecule has 16 heteroatoms.